The Labute approximate surface area is 238 Å². The second kappa shape index (κ2) is 10.4. The highest BCUT2D eigenvalue weighted by Crippen LogP contribution is 2.54. The van der Waals surface area contributed by atoms with Crippen molar-refractivity contribution in [3.05, 3.63) is 106 Å². The topological polar surface area (TPSA) is 48.8 Å². The number of hydrogen-bond acceptors (Lipinski definition) is 5. The van der Waals surface area contributed by atoms with Crippen molar-refractivity contribution in [3.63, 3.8) is 0 Å². The number of piperazine rings is 1. The van der Waals surface area contributed by atoms with E-state index in [2.05, 4.69) is 51.2 Å². The highest BCUT2D eigenvalue weighted by atomic mass is 35.5. The van der Waals surface area contributed by atoms with Crippen molar-refractivity contribution < 1.29 is 9.84 Å². The number of benzene rings is 3. The van der Waals surface area contributed by atoms with Crippen molar-refractivity contribution in [1.82, 2.24) is 14.8 Å². The lowest BCUT2D eigenvalue weighted by Gasteiger charge is -2.40. The molecule has 0 saturated carbocycles. The van der Waals surface area contributed by atoms with E-state index in [1.165, 1.54) is 27.8 Å². The van der Waals surface area contributed by atoms with Crippen molar-refractivity contribution in [2.24, 2.45) is 0 Å². The fraction of sp³-hybridized carbons (Fsp3) is 0.344. The van der Waals surface area contributed by atoms with E-state index in [0.717, 1.165) is 54.8 Å². The monoisotopic (exact) mass is 559 g/mol. The smallest absolute Gasteiger partial charge is 0.128 e. The predicted octanol–water partition coefficient (Wildman–Crippen LogP) is 5.86. The van der Waals surface area contributed by atoms with Crippen molar-refractivity contribution in [1.29, 1.82) is 0 Å². The quantitative estimate of drug-likeness (QED) is 0.264. The van der Waals surface area contributed by atoms with E-state index in [0.29, 0.717) is 6.54 Å². The summed E-state index contributed by atoms with van der Waals surface area (Å²) in [6.07, 6.45) is 2.22. The van der Waals surface area contributed by atoms with Gasteiger partial charge in [-0.1, -0.05) is 42.5 Å². The van der Waals surface area contributed by atoms with Crippen molar-refractivity contribution in [3.8, 4) is 5.75 Å². The minimum absolute atomic E-state index is 0.127. The number of aliphatic hydroxyl groups excluding tert-OH is 1. The SMILES string of the molecule is OC(COc1cccc2ncccc12)CN1CCN(C2c3ccccc3C(Cl)C(Cl)c3c2ccc2c3C2)CC1. The first-order chi connectivity index (χ1) is 19.1. The van der Waals surface area contributed by atoms with Crippen LogP contribution in [0.2, 0.25) is 0 Å². The van der Waals surface area contributed by atoms with E-state index in [1.807, 2.05) is 30.3 Å². The Morgan fingerprint density at radius 3 is 2.54 bits per heavy atom. The molecule has 4 unspecified atom stereocenters. The molecule has 39 heavy (non-hydrogen) atoms. The fourth-order valence-corrected chi connectivity index (χ4v) is 7.13. The Morgan fingerprint density at radius 1 is 0.872 bits per heavy atom. The number of halogens is 2. The lowest BCUT2D eigenvalue weighted by Crippen LogP contribution is -2.50. The van der Waals surface area contributed by atoms with Gasteiger partial charge in [0.05, 0.1) is 22.3 Å². The minimum atomic E-state index is -0.577. The van der Waals surface area contributed by atoms with Crippen LogP contribution in [0.25, 0.3) is 10.9 Å². The van der Waals surface area contributed by atoms with Gasteiger partial charge in [-0.2, -0.15) is 0 Å². The van der Waals surface area contributed by atoms with Gasteiger partial charge in [0.25, 0.3) is 0 Å². The third kappa shape index (κ3) is 4.71. The maximum atomic E-state index is 10.8. The minimum Gasteiger partial charge on any atom is -0.490 e. The lowest BCUT2D eigenvalue weighted by molar-refractivity contribution is 0.0403. The Kier molecular flexibility index (Phi) is 6.74. The highest BCUT2D eigenvalue weighted by molar-refractivity contribution is 6.30. The maximum Gasteiger partial charge on any atom is 0.128 e. The van der Waals surface area contributed by atoms with Crippen LogP contribution in [0.4, 0.5) is 0 Å². The average molecular weight is 561 g/mol. The molecule has 3 aromatic carbocycles. The van der Waals surface area contributed by atoms with Gasteiger partial charge < -0.3 is 9.84 Å². The van der Waals surface area contributed by atoms with Crippen molar-refractivity contribution in [2.75, 3.05) is 39.3 Å². The summed E-state index contributed by atoms with van der Waals surface area (Å²) in [4.78, 5) is 9.28. The number of alkyl halides is 2. The number of nitrogens with zero attached hydrogens (tertiary/aromatic N) is 3. The Hall–Kier alpha value is -2.67. The van der Waals surface area contributed by atoms with Gasteiger partial charge in [0.2, 0.25) is 0 Å². The highest BCUT2D eigenvalue weighted by Gasteiger charge is 2.40. The molecule has 5 nitrogen and oxygen atoms in total. The first-order valence-electron chi connectivity index (χ1n) is 13.7. The molecular formula is C32H31Cl2N3O2. The Morgan fingerprint density at radius 2 is 1.69 bits per heavy atom. The normalized spacial score (nSPS) is 23.4. The zero-order valence-corrected chi connectivity index (χ0v) is 23.2. The summed E-state index contributed by atoms with van der Waals surface area (Å²) in [6.45, 7) is 4.38. The molecule has 7 rings (SSSR count). The van der Waals surface area contributed by atoms with Crippen LogP contribution in [-0.4, -0.2) is 65.3 Å². The molecular weight excluding hydrogens is 529 g/mol. The number of pyridine rings is 1. The first kappa shape index (κ1) is 25.3. The Balaban J connectivity index is 1.05. The molecule has 200 valence electrons. The van der Waals surface area contributed by atoms with Gasteiger partial charge in [-0.3, -0.25) is 14.8 Å². The summed E-state index contributed by atoms with van der Waals surface area (Å²) in [5, 5.41) is 11.3. The standard InChI is InChI=1S/C32H31Cl2N3O2/c33-30-22-5-1-2-6-23(22)32(25-11-10-20-17-26(20)29(25)31(30)34)37-15-13-36(14-16-37)18-21(38)19-39-28-9-3-8-27-24(28)7-4-12-35-27/h1-12,21,30-32,38H,13-19H2. The van der Waals surface area contributed by atoms with Gasteiger partial charge in [0, 0.05) is 44.3 Å². The lowest BCUT2D eigenvalue weighted by atomic mass is 9.92. The number of aliphatic hydroxyl groups is 1. The first-order valence-corrected chi connectivity index (χ1v) is 14.6. The predicted molar refractivity (Wildman–Crippen MR) is 156 cm³/mol. The van der Waals surface area contributed by atoms with Gasteiger partial charge in [-0.05, 0) is 64.1 Å². The van der Waals surface area contributed by atoms with E-state index in [4.69, 9.17) is 27.9 Å². The van der Waals surface area contributed by atoms with Crippen LogP contribution in [0, 0.1) is 0 Å². The van der Waals surface area contributed by atoms with Crippen molar-refractivity contribution in [2.45, 2.75) is 29.3 Å². The van der Waals surface area contributed by atoms with Crippen LogP contribution in [0.15, 0.2) is 72.9 Å². The van der Waals surface area contributed by atoms with E-state index >= 15 is 0 Å². The number of ether oxygens (including phenoxy) is 1. The van der Waals surface area contributed by atoms with Crippen LogP contribution in [-0.2, 0) is 6.42 Å². The van der Waals surface area contributed by atoms with Gasteiger partial charge in [0.15, 0.2) is 0 Å². The van der Waals surface area contributed by atoms with Gasteiger partial charge >= 0.3 is 0 Å². The van der Waals surface area contributed by atoms with Crippen LogP contribution in [0.5, 0.6) is 5.75 Å². The molecule has 1 N–H and O–H groups in total. The largest absolute Gasteiger partial charge is 0.490 e. The number of β-amino-alcohol motifs (C(OH)–C–C–N with tert-alkyl or cyclic N) is 1. The van der Waals surface area contributed by atoms with E-state index in [1.54, 1.807) is 6.20 Å². The molecule has 1 aliphatic heterocycles. The summed E-state index contributed by atoms with van der Waals surface area (Å²) < 4.78 is 6.02. The van der Waals surface area contributed by atoms with Crippen LogP contribution < -0.4 is 4.74 Å². The van der Waals surface area contributed by atoms with Gasteiger partial charge in [0.1, 0.15) is 18.5 Å². The Bertz CT molecular complexity index is 1520. The third-order valence-electron chi connectivity index (χ3n) is 8.42. The van der Waals surface area contributed by atoms with Crippen molar-refractivity contribution >= 4 is 34.1 Å². The summed E-state index contributed by atoms with van der Waals surface area (Å²) in [7, 11) is 0. The second-order valence-electron chi connectivity index (χ2n) is 10.8. The summed E-state index contributed by atoms with van der Waals surface area (Å²) >= 11 is 14.1. The average Bonchev–Trinajstić information content (AvgIpc) is 3.77. The molecule has 4 atom stereocenters. The fourth-order valence-electron chi connectivity index (χ4n) is 6.41. The summed E-state index contributed by atoms with van der Waals surface area (Å²) in [5.41, 5.74) is 8.61. The summed E-state index contributed by atoms with van der Waals surface area (Å²) in [5.74, 6) is 0.755. The summed E-state index contributed by atoms with van der Waals surface area (Å²) in [6, 6.07) is 22.9. The van der Waals surface area contributed by atoms with Gasteiger partial charge in [-0.15, -0.1) is 23.2 Å². The van der Waals surface area contributed by atoms with E-state index in [9.17, 15) is 5.11 Å². The van der Waals surface area contributed by atoms with Crippen LogP contribution in [0.3, 0.4) is 0 Å². The number of rotatable bonds is 6. The molecule has 4 aromatic rings. The molecule has 0 bridgehead atoms. The zero-order valence-electron chi connectivity index (χ0n) is 21.6. The molecule has 1 fully saturated rings. The molecule has 7 heteroatoms. The van der Waals surface area contributed by atoms with Crippen LogP contribution >= 0.6 is 23.2 Å². The molecule has 2 aliphatic carbocycles. The molecule has 2 heterocycles. The maximum absolute atomic E-state index is 10.8. The molecule has 0 amide bonds. The number of aromatic nitrogens is 1. The van der Waals surface area contributed by atoms with Crippen LogP contribution in [0.1, 0.15) is 50.2 Å². The van der Waals surface area contributed by atoms with E-state index < -0.39 is 6.10 Å². The third-order valence-corrected chi connectivity index (χ3v) is 9.51. The van der Waals surface area contributed by atoms with E-state index in [-0.39, 0.29) is 23.4 Å². The number of fused-ring (bicyclic) bond motifs is 5. The molecule has 0 radical (unpaired) electrons. The number of hydrogen-bond donors (Lipinski definition) is 1. The zero-order chi connectivity index (χ0) is 26.5. The molecule has 3 aliphatic rings. The van der Waals surface area contributed by atoms with Gasteiger partial charge in [-0.25, -0.2) is 0 Å². The second-order valence-corrected chi connectivity index (χ2v) is 11.8. The molecule has 1 aromatic heterocycles. The molecule has 1 saturated heterocycles. The molecule has 0 spiro atoms.